The Morgan fingerprint density at radius 3 is 2.67 bits per heavy atom. The summed E-state index contributed by atoms with van der Waals surface area (Å²) in [5, 5.41) is 0. The molecule has 1 saturated heterocycles. The van der Waals surface area contributed by atoms with Crippen LogP contribution in [-0.2, 0) is 6.42 Å². The van der Waals surface area contributed by atoms with Gasteiger partial charge < -0.3 is 15.4 Å². The van der Waals surface area contributed by atoms with E-state index in [1.807, 2.05) is 6.07 Å². The maximum atomic E-state index is 5.60. The van der Waals surface area contributed by atoms with Crippen molar-refractivity contribution in [2.24, 2.45) is 11.7 Å². The molecule has 0 spiro atoms. The van der Waals surface area contributed by atoms with Gasteiger partial charge in [-0.25, -0.2) is 0 Å². The second-order valence-corrected chi connectivity index (χ2v) is 5.09. The van der Waals surface area contributed by atoms with Crippen molar-refractivity contribution in [3.8, 4) is 5.75 Å². The highest BCUT2D eigenvalue weighted by Crippen LogP contribution is 2.26. The molecule has 18 heavy (non-hydrogen) atoms. The van der Waals surface area contributed by atoms with E-state index >= 15 is 0 Å². The number of methoxy groups -OCH3 is 1. The Kier molecular flexibility index (Phi) is 5.02. The van der Waals surface area contributed by atoms with Crippen LogP contribution in [0.4, 0.5) is 0 Å². The van der Waals surface area contributed by atoms with E-state index in [1.165, 1.54) is 31.5 Å². The van der Waals surface area contributed by atoms with Crippen molar-refractivity contribution >= 4 is 0 Å². The number of nitrogens with zero attached hydrogens (tertiary/aromatic N) is 1. The fraction of sp³-hybridized carbons (Fsp3) is 0.600. The number of nitrogens with two attached hydrogens (primary N) is 1. The summed E-state index contributed by atoms with van der Waals surface area (Å²) in [7, 11) is 1.75. The van der Waals surface area contributed by atoms with E-state index in [1.54, 1.807) is 7.11 Å². The molecule has 1 aliphatic heterocycles. The predicted octanol–water partition coefficient (Wildman–Crippen LogP) is 1.91. The number of piperidine rings is 1. The van der Waals surface area contributed by atoms with E-state index in [-0.39, 0.29) is 0 Å². The Hall–Kier alpha value is -1.06. The van der Waals surface area contributed by atoms with Crippen molar-refractivity contribution in [1.82, 2.24) is 4.90 Å². The monoisotopic (exact) mass is 248 g/mol. The molecule has 3 nitrogen and oxygen atoms in total. The van der Waals surface area contributed by atoms with Gasteiger partial charge in [-0.1, -0.05) is 18.2 Å². The first-order valence-corrected chi connectivity index (χ1v) is 6.87. The maximum absolute atomic E-state index is 5.60. The molecule has 0 radical (unpaired) electrons. The molecule has 1 fully saturated rings. The van der Waals surface area contributed by atoms with E-state index in [0.717, 1.165) is 31.2 Å². The fourth-order valence-corrected chi connectivity index (χ4v) is 2.78. The van der Waals surface area contributed by atoms with Crippen LogP contribution in [-0.4, -0.2) is 38.2 Å². The molecule has 0 unspecified atom stereocenters. The lowest BCUT2D eigenvalue weighted by Gasteiger charge is -2.31. The minimum Gasteiger partial charge on any atom is -0.496 e. The van der Waals surface area contributed by atoms with Gasteiger partial charge in [0.15, 0.2) is 0 Å². The van der Waals surface area contributed by atoms with Crippen molar-refractivity contribution in [2.45, 2.75) is 19.3 Å². The van der Waals surface area contributed by atoms with E-state index in [0.29, 0.717) is 0 Å². The lowest BCUT2D eigenvalue weighted by atomic mass is 9.90. The highest BCUT2D eigenvalue weighted by Gasteiger charge is 2.19. The smallest absolute Gasteiger partial charge is 0.122 e. The van der Waals surface area contributed by atoms with Gasteiger partial charge in [0.05, 0.1) is 7.11 Å². The van der Waals surface area contributed by atoms with Crippen LogP contribution in [0.3, 0.4) is 0 Å². The minimum absolute atomic E-state index is 0.775. The summed E-state index contributed by atoms with van der Waals surface area (Å²) in [5.41, 5.74) is 6.94. The lowest BCUT2D eigenvalue weighted by Crippen LogP contribution is -2.37. The molecular weight excluding hydrogens is 224 g/mol. The molecule has 0 aromatic heterocycles. The fourth-order valence-electron chi connectivity index (χ4n) is 2.78. The molecule has 1 heterocycles. The number of benzene rings is 1. The van der Waals surface area contributed by atoms with Gasteiger partial charge in [-0.05, 0) is 49.9 Å². The Balaban J connectivity index is 1.87. The number of para-hydroxylation sites is 1. The molecule has 0 atom stereocenters. The van der Waals surface area contributed by atoms with Gasteiger partial charge >= 0.3 is 0 Å². The topological polar surface area (TPSA) is 38.5 Å². The van der Waals surface area contributed by atoms with E-state index in [2.05, 4.69) is 23.1 Å². The zero-order valence-electron chi connectivity index (χ0n) is 11.3. The molecule has 2 rings (SSSR count). The summed E-state index contributed by atoms with van der Waals surface area (Å²) in [4.78, 5) is 2.47. The van der Waals surface area contributed by atoms with Gasteiger partial charge in [-0.3, -0.25) is 0 Å². The lowest BCUT2D eigenvalue weighted by molar-refractivity contribution is 0.188. The van der Waals surface area contributed by atoms with Crippen LogP contribution < -0.4 is 10.5 Å². The van der Waals surface area contributed by atoms with Gasteiger partial charge in [0, 0.05) is 13.1 Å². The van der Waals surface area contributed by atoms with Crippen molar-refractivity contribution in [2.75, 3.05) is 33.3 Å². The van der Waals surface area contributed by atoms with Gasteiger partial charge in [0.1, 0.15) is 5.75 Å². The molecule has 1 aromatic rings. The summed E-state index contributed by atoms with van der Waals surface area (Å²) in [6, 6.07) is 8.37. The summed E-state index contributed by atoms with van der Waals surface area (Å²) in [5.74, 6) is 1.82. The van der Waals surface area contributed by atoms with E-state index in [4.69, 9.17) is 10.5 Å². The molecule has 0 saturated carbocycles. The zero-order valence-corrected chi connectivity index (χ0v) is 11.3. The summed E-state index contributed by atoms with van der Waals surface area (Å²) in [6.45, 7) is 4.20. The van der Waals surface area contributed by atoms with Crippen LogP contribution in [0.5, 0.6) is 5.75 Å². The molecule has 3 heteroatoms. The second kappa shape index (κ2) is 6.76. The van der Waals surface area contributed by atoms with Crippen molar-refractivity contribution < 1.29 is 4.74 Å². The first-order chi connectivity index (χ1) is 8.83. The molecule has 1 aromatic carbocycles. The Morgan fingerprint density at radius 1 is 1.28 bits per heavy atom. The van der Waals surface area contributed by atoms with Crippen LogP contribution in [0.25, 0.3) is 0 Å². The van der Waals surface area contributed by atoms with Crippen molar-refractivity contribution in [1.29, 1.82) is 0 Å². The molecular formula is C15H24N2O. The largest absolute Gasteiger partial charge is 0.496 e. The second-order valence-electron chi connectivity index (χ2n) is 5.09. The standard InChI is InChI=1S/C15H24N2O/c1-18-15-5-3-2-4-14(15)12-13-6-9-17(10-7-13)11-8-16/h2-5,13H,6-12,16H2,1H3. The van der Waals surface area contributed by atoms with Gasteiger partial charge in [-0.15, -0.1) is 0 Å². The Morgan fingerprint density at radius 2 is 2.00 bits per heavy atom. The Labute approximate surface area is 110 Å². The highest BCUT2D eigenvalue weighted by molar-refractivity contribution is 5.33. The quantitative estimate of drug-likeness (QED) is 0.865. The van der Waals surface area contributed by atoms with Crippen LogP contribution in [0.2, 0.25) is 0 Å². The van der Waals surface area contributed by atoms with Gasteiger partial charge in [-0.2, -0.15) is 0 Å². The molecule has 1 aliphatic rings. The molecule has 0 aliphatic carbocycles. The van der Waals surface area contributed by atoms with Crippen LogP contribution in [0, 0.1) is 5.92 Å². The average molecular weight is 248 g/mol. The zero-order chi connectivity index (χ0) is 12.8. The third-order valence-electron chi connectivity index (χ3n) is 3.85. The summed E-state index contributed by atoms with van der Waals surface area (Å²) >= 11 is 0. The third kappa shape index (κ3) is 3.47. The van der Waals surface area contributed by atoms with Gasteiger partial charge in [0.25, 0.3) is 0 Å². The first-order valence-electron chi connectivity index (χ1n) is 6.87. The number of likely N-dealkylation sites (tertiary alicyclic amines) is 1. The van der Waals surface area contributed by atoms with E-state index < -0.39 is 0 Å². The number of rotatable bonds is 5. The normalized spacial score (nSPS) is 17.9. The van der Waals surface area contributed by atoms with Crippen molar-refractivity contribution in [3.05, 3.63) is 29.8 Å². The molecule has 2 N–H and O–H groups in total. The molecule has 0 amide bonds. The molecule has 0 bridgehead atoms. The van der Waals surface area contributed by atoms with Crippen molar-refractivity contribution in [3.63, 3.8) is 0 Å². The highest BCUT2D eigenvalue weighted by atomic mass is 16.5. The maximum Gasteiger partial charge on any atom is 0.122 e. The average Bonchev–Trinajstić information content (AvgIpc) is 2.42. The predicted molar refractivity (Wildman–Crippen MR) is 74.9 cm³/mol. The summed E-state index contributed by atoms with van der Waals surface area (Å²) in [6.07, 6.45) is 3.69. The Bertz CT molecular complexity index is 359. The number of ether oxygens (including phenoxy) is 1. The van der Waals surface area contributed by atoms with Crippen LogP contribution in [0.15, 0.2) is 24.3 Å². The molecule has 100 valence electrons. The van der Waals surface area contributed by atoms with E-state index in [9.17, 15) is 0 Å². The summed E-state index contributed by atoms with van der Waals surface area (Å²) < 4.78 is 5.42. The first kappa shape index (κ1) is 13.4. The van der Waals surface area contributed by atoms with Crippen LogP contribution >= 0.6 is 0 Å². The number of hydrogen-bond donors (Lipinski definition) is 1. The third-order valence-corrected chi connectivity index (χ3v) is 3.85. The minimum atomic E-state index is 0.775. The van der Waals surface area contributed by atoms with Gasteiger partial charge in [0.2, 0.25) is 0 Å². The number of hydrogen-bond acceptors (Lipinski definition) is 3. The SMILES string of the molecule is COc1ccccc1CC1CCN(CCN)CC1. The van der Waals surface area contributed by atoms with Crippen LogP contribution in [0.1, 0.15) is 18.4 Å².